The molecule has 0 unspecified atom stereocenters. The lowest BCUT2D eigenvalue weighted by Gasteiger charge is -2.29. The molecule has 5 nitrogen and oxygen atoms in total. The van der Waals surface area contributed by atoms with E-state index >= 15 is 0 Å². The minimum absolute atomic E-state index is 0.109. The number of anilines is 1. The number of fused-ring (bicyclic) bond motifs is 3. The highest BCUT2D eigenvalue weighted by atomic mass is 32.2. The lowest BCUT2D eigenvalue weighted by molar-refractivity contribution is 0.145. The monoisotopic (exact) mass is 368 g/mol. The van der Waals surface area contributed by atoms with Gasteiger partial charge in [0, 0.05) is 22.9 Å². The van der Waals surface area contributed by atoms with Gasteiger partial charge in [-0.15, -0.1) is 10.2 Å². The predicted molar refractivity (Wildman–Crippen MR) is 105 cm³/mol. The number of nitrogens with one attached hydrogen (secondary N) is 1. The highest BCUT2D eigenvalue weighted by Gasteiger charge is 2.30. The molecular formula is C20H24N4OS. The van der Waals surface area contributed by atoms with Crippen molar-refractivity contribution in [2.24, 2.45) is 5.92 Å². The smallest absolute Gasteiger partial charge is 0.247 e. The van der Waals surface area contributed by atoms with Crippen molar-refractivity contribution in [3.63, 3.8) is 0 Å². The quantitative estimate of drug-likeness (QED) is 0.611. The van der Waals surface area contributed by atoms with Crippen molar-refractivity contribution in [2.45, 2.75) is 50.9 Å². The molecule has 6 heteroatoms. The second-order valence-electron chi connectivity index (χ2n) is 6.91. The lowest BCUT2D eigenvalue weighted by Crippen LogP contribution is -2.35. The molecule has 0 radical (unpaired) electrons. The zero-order valence-electron chi connectivity index (χ0n) is 15.2. The summed E-state index contributed by atoms with van der Waals surface area (Å²) in [6.07, 6.45) is 6.57. The van der Waals surface area contributed by atoms with Crippen LogP contribution in [0.2, 0.25) is 0 Å². The van der Waals surface area contributed by atoms with Gasteiger partial charge in [0.15, 0.2) is 11.9 Å². The van der Waals surface area contributed by atoms with E-state index in [1.165, 1.54) is 5.57 Å². The van der Waals surface area contributed by atoms with Gasteiger partial charge in [0.25, 0.3) is 0 Å². The summed E-state index contributed by atoms with van der Waals surface area (Å²) in [5.41, 5.74) is 4.23. The van der Waals surface area contributed by atoms with Crippen molar-refractivity contribution in [1.29, 1.82) is 0 Å². The average Bonchev–Trinajstić information content (AvgIpc) is 2.83. The SMILES string of the molecule is CCCSc1nnc2c(n1)O[C@H]([C@@H]1CC=C(C)CC1)Nc1ccccc1-2. The van der Waals surface area contributed by atoms with E-state index in [1.807, 2.05) is 18.2 Å². The van der Waals surface area contributed by atoms with E-state index in [-0.39, 0.29) is 6.23 Å². The number of thioether (sulfide) groups is 1. The zero-order valence-corrected chi connectivity index (χ0v) is 16.1. The van der Waals surface area contributed by atoms with Crippen LogP contribution in [0.25, 0.3) is 11.3 Å². The van der Waals surface area contributed by atoms with Gasteiger partial charge in [-0.05, 0) is 38.7 Å². The minimum atomic E-state index is -0.109. The Kier molecular flexibility index (Phi) is 5.11. The topological polar surface area (TPSA) is 59.9 Å². The Bertz CT molecular complexity index is 823. The molecule has 1 aromatic heterocycles. The van der Waals surface area contributed by atoms with Crippen LogP contribution in [-0.2, 0) is 0 Å². The molecule has 0 saturated carbocycles. The van der Waals surface area contributed by atoms with Crippen molar-refractivity contribution in [3.05, 3.63) is 35.9 Å². The van der Waals surface area contributed by atoms with Gasteiger partial charge < -0.3 is 10.1 Å². The molecule has 136 valence electrons. The van der Waals surface area contributed by atoms with Gasteiger partial charge in [0.05, 0.1) is 0 Å². The summed E-state index contributed by atoms with van der Waals surface area (Å²) in [4.78, 5) is 4.68. The van der Waals surface area contributed by atoms with E-state index in [9.17, 15) is 0 Å². The fourth-order valence-corrected chi connectivity index (χ4v) is 4.03. The third kappa shape index (κ3) is 3.56. The van der Waals surface area contributed by atoms with Gasteiger partial charge in [-0.1, -0.05) is 48.5 Å². The van der Waals surface area contributed by atoms with E-state index in [2.05, 4.69) is 46.5 Å². The third-order valence-corrected chi connectivity index (χ3v) is 5.94. The maximum atomic E-state index is 6.37. The Balaban J connectivity index is 1.70. The fraction of sp³-hybridized carbons (Fsp3) is 0.450. The Morgan fingerprint density at radius 1 is 1.27 bits per heavy atom. The van der Waals surface area contributed by atoms with Crippen molar-refractivity contribution >= 4 is 17.4 Å². The first kappa shape index (κ1) is 17.3. The minimum Gasteiger partial charge on any atom is -0.452 e. The molecule has 0 amide bonds. The number of rotatable bonds is 4. The fourth-order valence-electron chi connectivity index (χ4n) is 3.40. The molecule has 1 aliphatic carbocycles. The molecule has 1 N–H and O–H groups in total. The molecule has 2 aliphatic rings. The average molecular weight is 369 g/mol. The van der Waals surface area contributed by atoms with Crippen LogP contribution in [0.15, 0.2) is 41.1 Å². The number of ether oxygens (including phenoxy) is 1. The maximum absolute atomic E-state index is 6.37. The lowest BCUT2D eigenvalue weighted by atomic mass is 9.89. The van der Waals surface area contributed by atoms with Crippen LogP contribution in [0.4, 0.5) is 5.69 Å². The Morgan fingerprint density at radius 2 is 2.15 bits per heavy atom. The van der Waals surface area contributed by atoms with Crippen LogP contribution in [0.5, 0.6) is 5.88 Å². The number of nitrogens with zero attached hydrogens (tertiary/aromatic N) is 3. The van der Waals surface area contributed by atoms with Crippen LogP contribution in [-0.4, -0.2) is 27.2 Å². The first-order valence-electron chi connectivity index (χ1n) is 9.30. The summed E-state index contributed by atoms with van der Waals surface area (Å²) in [5, 5.41) is 13.0. The first-order chi connectivity index (χ1) is 12.7. The molecule has 2 aromatic rings. The zero-order chi connectivity index (χ0) is 17.9. The van der Waals surface area contributed by atoms with Gasteiger partial charge in [-0.3, -0.25) is 0 Å². The van der Waals surface area contributed by atoms with Crippen LogP contribution in [0, 0.1) is 5.92 Å². The van der Waals surface area contributed by atoms with E-state index in [0.29, 0.717) is 17.0 Å². The summed E-state index contributed by atoms with van der Waals surface area (Å²) < 4.78 is 6.37. The summed E-state index contributed by atoms with van der Waals surface area (Å²) >= 11 is 1.62. The molecule has 26 heavy (non-hydrogen) atoms. The van der Waals surface area contributed by atoms with Crippen LogP contribution < -0.4 is 10.1 Å². The van der Waals surface area contributed by atoms with Crippen LogP contribution in [0.3, 0.4) is 0 Å². The summed E-state index contributed by atoms with van der Waals surface area (Å²) in [7, 11) is 0. The largest absolute Gasteiger partial charge is 0.452 e. The molecule has 0 fully saturated rings. The second kappa shape index (κ2) is 7.66. The Morgan fingerprint density at radius 3 is 2.96 bits per heavy atom. The highest BCUT2D eigenvalue weighted by Crippen LogP contribution is 2.39. The summed E-state index contributed by atoms with van der Waals surface area (Å²) in [6.45, 7) is 4.35. The Hall–Kier alpha value is -2.08. The molecule has 1 aromatic carbocycles. The van der Waals surface area contributed by atoms with E-state index < -0.39 is 0 Å². The van der Waals surface area contributed by atoms with E-state index in [4.69, 9.17) is 4.74 Å². The molecule has 2 atom stereocenters. The molecule has 0 bridgehead atoms. The standard InChI is InChI=1S/C20H24N4OS/c1-3-12-26-20-22-19-17(23-24-20)15-6-4-5-7-16(15)21-18(25-19)14-10-8-13(2)9-11-14/h4-8,14,18,21H,3,9-12H2,1-2H3/t14-,18-/m1/s1. The van der Waals surface area contributed by atoms with Gasteiger partial charge >= 0.3 is 0 Å². The summed E-state index contributed by atoms with van der Waals surface area (Å²) in [6, 6.07) is 8.17. The van der Waals surface area contributed by atoms with Gasteiger partial charge in [-0.2, -0.15) is 4.98 Å². The van der Waals surface area contributed by atoms with Gasteiger partial charge in [0.2, 0.25) is 11.0 Å². The number of benzene rings is 1. The van der Waals surface area contributed by atoms with Crippen LogP contribution in [0.1, 0.15) is 39.5 Å². The molecule has 2 heterocycles. The highest BCUT2D eigenvalue weighted by molar-refractivity contribution is 7.99. The van der Waals surface area contributed by atoms with Crippen molar-refractivity contribution in [1.82, 2.24) is 15.2 Å². The first-order valence-corrected chi connectivity index (χ1v) is 10.3. The second-order valence-corrected chi connectivity index (χ2v) is 7.97. The van der Waals surface area contributed by atoms with E-state index in [0.717, 1.165) is 48.4 Å². The predicted octanol–water partition coefficient (Wildman–Crippen LogP) is 4.92. The molecule has 0 spiro atoms. The molecule has 1 aliphatic heterocycles. The molecular weight excluding hydrogens is 344 g/mol. The number of allylic oxidation sites excluding steroid dienone is 2. The number of hydrogen-bond donors (Lipinski definition) is 1. The molecule has 0 saturated heterocycles. The van der Waals surface area contributed by atoms with Gasteiger partial charge in [-0.25, -0.2) is 0 Å². The van der Waals surface area contributed by atoms with E-state index in [1.54, 1.807) is 11.8 Å². The normalized spacial score (nSPS) is 21.5. The van der Waals surface area contributed by atoms with Crippen LogP contribution >= 0.6 is 11.8 Å². The maximum Gasteiger partial charge on any atom is 0.247 e. The van der Waals surface area contributed by atoms with Crippen molar-refractivity contribution in [3.8, 4) is 17.1 Å². The third-order valence-electron chi connectivity index (χ3n) is 4.90. The number of hydrogen-bond acceptors (Lipinski definition) is 6. The van der Waals surface area contributed by atoms with Crippen molar-refractivity contribution in [2.75, 3.05) is 11.1 Å². The Labute approximate surface area is 158 Å². The number of para-hydroxylation sites is 1. The van der Waals surface area contributed by atoms with Crippen molar-refractivity contribution < 1.29 is 4.74 Å². The molecule has 4 rings (SSSR count). The van der Waals surface area contributed by atoms with Gasteiger partial charge in [0.1, 0.15) is 0 Å². The summed E-state index contributed by atoms with van der Waals surface area (Å²) in [5.74, 6) is 1.98. The number of aromatic nitrogens is 3.